The fourth-order valence-electron chi connectivity index (χ4n) is 1.19. The second-order valence-electron chi connectivity index (χ2n) is 3.23. The quantitative estimate of drug-likeness (QED) is 0.481. The van der Waals surface area contributed by atoms with Crippen LogP contribution in [0.4, 0.5) is 26.3 Å². The van der Waals surface area contributed by atoms with E-state index in [1.165, 1.54) is 0 Å². The molecule has 1 rings (SSSR count). The Kier molecular flexibility index (Phi) is 3.00. The molecular formula is C9H5BF6. The first-order valence-electron chi connectivity index (χ1n) is 4.08. The van der Waals surface area contributed by atoms with Crippen LogP contribution in [0.5, 0.6) is 0 Å². The van der Waals surface area contributed by atoms with Gasteiger partial charge in [0.25, 0.3) is 0 Å². The lowest BCUT2D eigenvalue weighted by atomic mass is 9.86. The van der Waals surface area contributed by atoms with Gasteiger partial charge < -0.3 is 0 Å². The van der Waals surface area contributed by atoms with E-state index in [1.54, 1.807) is 0 Å². The molecule has 0 saturated carbocycles. The van der Waals surface area contributed by atoms with E-state index in [1.807, 2.05) is 0 Å². The molecule has 16 heavy (non-hydrogen) atoms. The van der Waals surface area contributed by atoms with Gasteiger partial charge in [-0.3, -0.25) is 0 Å². The summed E-state index contributed by atoms with van der Waals surface area (Å²) >= 11 is 0. The third kappa shape index (κ3) is 2.51. The first-order chi connectivity index (χ1) is 7.03. The summed E-state index contributed by atoms with van der Waals surface area (Å²) in [5.74, 6) is 0. The van der Waals surface area contributed by atoms with Crippen LogP contribution in [0, 0.1) is 6.92 Å². The van der Waals surface area contributed by atoms with E-state index in [9.17, 15) is 26.3 Å². The molecule has 0 amide bonds. The van der Waals surface area contributed by atoms with Crippen LogP contribution in [0.2, 0.25) is 0 Å². The molecule has 1 aromatic rings. The minimum atomic E-state index is -4.85. The van der Waals surface area contributed by atoms with Gasteiger partial charge in [0.15, 0.2) is 0 Å². The molecule has 86 valence electrons. The van der Waals surface area contributed by atoms with Crippen LogP contribution in [-0.2, 0) is 12.4 Å². The van der Waals surface area contributed by atoms with Gasteiger partial charge in [0.1, 0.15) is 7.85 Å². The third-order valence-corrected chi connectivity index (χ3v) is 2.08. The lowest BCUT2D eigenvalue weighted by Crippen LogP contribution is -2.20. The van der Waals surface area contributed by atoms with Gasteiger partial charge >= 0.3 is 12.4 Å². The van der Waals surface area contributed by atoms with Crippen molar-refractivity contribution in [2.75, 3.05) is 0 Å². The van der Waals surface area contributed by atoms with E-state index >= 15 is 0 Å². The van der Waals surface area contributed by atoms with E-state index < -0.39 is 34.5 Å². The van der Waals surface area contributed by atoms with E-state index in [0.29, 0.717) is 6.07 Å². The molecule has 0 unspecified atom stereocenters. The Morgan fingerprint density at radius 2 is 1.44 bits per heavy atom. The van der Waals surface area contributed by atoms with Gasteiger partial charge in [-0.2, -0.15) is 26.3 Å². The van der Waals surface area contributed by atoms with Gasteiger partial charge in [-0.1, -0.05) is 11.5 Å². The Balaban J connectivity index is 3.46. The second-order valence-corrected chi connectivity index (χ2v) is 3.23. The monoisotopic (exact) mass is 238 g/mol. The minimum Gasteiger partial charge on any atom is -0.166 e. The Morgan fingerprint density at radius 1 is 0.938 bits per heavy atom. The molecule has 0 aliphatic carbocycles. The number of halogens is 6. The molecule has 0 spiro atoms. The molecule has 0 aliphatic rings. The highest BCUT2D eigenvalue weighted by Gasteiger charge is 2.37. The van der Waals surface area contributed by atoms with Crippen molar-refractivity contribution in [2.24, 2.45) is 0 Å². The molecule has 0 N–H and O–H groups in total. The lowest BCUT2D eigenvalue weighted by molar-refractivity contribution is -0.143. The molecule has 7 heteroatoms. The fraction of sp³-hybridized carbons (Fsp3) is 0.333. The highest BCUT2D eigenvalue weighted by atomic mass is 19.4. The summed E-state index contributed by atoms with van der Waals surface area (Å²) in [6, 6.07) is 0.552. The van der Waals surface area contributed by atoms with Crippen LogP contribution in [0.15, 0.2) is 12.1 Å². The molecule has 2 radical (unpaired) electrons. The Labute approximate surface area is 88.7 Å². The molecule has 0 aliphatic heterocycles. The number of benzene rings is 1. The van der Waals surface area contributed by atoms with Crippen LogP contribution in [0.3, 0.4) is 0 Å². The topological polar surface area (TPSA) is 0 Å². The molecule has 1 aromatic carbocycles. The highest BCUT2D eigenvalue weighted by molar-refractivity contribution is 6.33. The van der Waals surface area contributed by atoms with E-state index in [2.05, 4.69) is 0 Å². The summed E-state index contributed by atoms with van der Waals surface area (Å²) in [6.45, 7) is 1.03. The van der Waals surface area contributed by atoms with Gasteiger partial charge in [-0.25, -0.2) is 0 Å². The summed E-state index contributed by atoms with van der Waals surface area (Å²) in [5.41, 5.74) is -3.69. The molecule has 0 fully saturated rings. The van der Waals surface area contributed by atoms with E-state index in [4.69, 9.17) is 7.85 Å². The van der Waals surface area contributed by atoms with Crippen molar-refractivity contribution in [1.29, 1.82) is 0 Å². The van der Waals surface area contributed by atoms with Crippen molar-refractivity contribution in [2.45, 2.75) is 19.3 Å². The van der Waals surface area contributed by atoms with Gasteiger partial charge in [-0.05, 0) is 18.6 Å². The zero-order valence-corrected chi connectivity index (χ0v) is 8.00. The predicted octanol–water partition coefficient (Wildman–Crippen LogP) is 2.83. The maximum atomic E-state index is 12.4. The van der Waals surface area contributed by atoms with Crippen molar-refractivity contribution < 1.29 is 26.3 Å². The van der Waals surface area contributed by atoms with Crippen molar-refractivity contribution in [3.63, 3.8) is 0 Å². The summed E-state index contributed by atoms with van der Waals surface area (Å²) in [5, 5.41) is 0. The second kappa shape index (κ2) is 3.71. The summed E-state index contributed by atoms with van der Waals surface area (Å²) in [7, 11) is 5.11. The number of alkyl halides is 6. The minimum absolute atomic E-state index is 0.0612. The van der Waals surface area contributed by atoms with Crippen molar-refractivity contribution >= 4 is 13.3 Å². The van der Waals surface area contributed by atoms with E-state index in [0.717, 1.165) is 6.92 Å². The average molecular weight is 238 g/mol. The zero-order chi connectivity index (χ0) is 12.7. The number of rotatable bonds is 0. The molecule has 0 aromatic heterocycles. The predicted molar refractivity (Wildman–Crippen MR) is 46.6 cm³/mol. The Bertz CT molecular complexity index is 404. The number of hydrogen-bond acceptors (Lipinski definition) is 0. The molecule has 0 nitrogen and oxygen atoms in total. The highest BCUT2D eigenvalue weighted by Crippen LogP contribution is 2.36. The van der Waals surface area contributed by atoms with Gasteiger partial charge in [0.05, 0.1) is 11.1 Å². The van der Waals surface area contributed by atoms with Crippen LogP contribution >= 0.6 is 0 Å². The summed E-state index contributed by atoms with van der Waals surface area (Å²) < 4.78 is 73.9. The standard InChI is InChI=1S/C9H5BF6/c1-4-6(9(14,15)16)2-5(3-7(4)10)8(11,12)13/h2-3H,1H3. The maximum absolute atomic E-state index is 12.4. The third-order valence-electron chi connectivity index (χ3n) is 2.08. The van der Waals surface area contributed by atoms with Crippen LogP contribution in [-0.4, -0.2) is 7.85 Å². The largest absolute Gasteiger partial charge is 0.416 e. The average Bonchev–Trinajstić information content (AvgIpc) is 2.05. The number of hydrogen-bond donors (Lipinski definition) is 0. The maximum Gasteiger partial charge on any atom is 0.416 e. The SMILES string of the molecule is [B]c1cc(C(F)(F)F)cc(C(F)(F)F)c1C. The summed E-state index contributed by atoms with van der Waals surface area (Å²) in [4.78, 5) is 0. The van der Waals surface area contributed by atoms with Crippen molar-refractivity contribution in [3.8, 4) is 0 Å². The van der Waals surface area contributed by atoms with Crippen LogP contribution < -0.4 is 5.46 Å². The van der Waals surface area contributed by atoms with Crippen LogP contribution in [0.1, 0.15) is 16.7 Å². The van der Waals surface area contributed by atoms with Crippen molar-refractivity contribution in [3.05, 3.63) is 28.8 Å². The Hall–Kier alpha value is -1.14. The van der Waals surface area contributed by atoms with Gasteiger partial charge in [0.2, 0.25) is 0 Å². The Morgan fingerprint density at radius 3 is 1.81 bits per heavy atom. The van der Waals surface area contributed by atoms with Crippen LogP contribution in [0.25, 0.3) is 0 Å². The zero-order valence-electron chi connectivity index (χ0n) is 8.00. The molecule has 0 bridgehead atoms. The first kappa shape index (κ1) is 12.9. The fourth-order valence-corrected chi connectivity index (χ4v) is 1.19. The van der Waals surface area contributed by atoms with Gasteiger partial charge in [-0.15, -0.1) is 0 Å². The van der Waals surface area contributed by atoms with Crippen molar-refractivity contribution in [1.82, 2.24) is 0 Å². The molecule has 0 saturated heterocycles. The smallest absolute Gasteiger partial charge is 0.166 e. The summed E-state index contributed by atoms with van der Waals surface area (Å²) in [6.07, 6.45) is -9.69. The van der Waals surface area contributed by atoms with Gasteiger partial charge in [0, 0.05) is 0 Å². The lowest BCUT2D eigenvalue weighted by Gasteiger charge is -2.16. The molecule has 0 heterocycles. The van der Waals surface area contributed by atoms with E-state index in [-0.39, 0.29) is 6.07 Å². The first-order valence-corrected chi connectivity index (χ1v) is 4.08. The normalized spacial score (nSPS) is 12.9. The molecular weight excluding hydrogens is 233 g/mol. The molecule has 0 atom stereocenters.